The molecule has 34 heavy (non-hydrogen) atoms. The standard InChI is InChI=1S/C28H27I2NO3/c1-16-11-21(29)27(22(30)12-16)34-25-10-9-24(17(2)18(25)3)33-26-14-20-13-23(26)31(28(20)32)15-19-7-5-4-6-8-19/h4-12,20,23,26H,13-15H2,1-3H3. The van der Waals surface area contributed by atoms with Crippen LogP contribution in [0, 0.1) is 33.8 Å². The molecule has 3 unspecified atom stereocenters. The van der Waals surface area contributed by atoms with E-state index in [1.165, 1.54) is 5.56 Å². The number of likely N-dealkylation sites (tertiary alicyclic amines) is 1. The van der Waals surface area contributed by atoms with Gasteiger partial charge in [-0.05, 0) is 125 Å². The van der Waals surface area contributed by atoms with Crippen LogP contribution < -0.4 is 9.47 Å². The van der Waals surface area contributed by atoms with E-state index < -0.39 is 0 Å². The van der Waals surface area contributed by atoms with E-state index in [-0.39, 0.29) is 24.0 Å². The number of carbonyl (C=O) groups excluding carboxylic acids is 1. The van der Waals surface area contributed by atoms with Crippen LogP contribution in [0.1, 0.15) is 35.1 Å². The summed E-state index contributed by atoms with van der Waals surface area (Å²) in [4.78, 5) is 14.9. The van der Waals surface area contributed by atoms with E-state index in [1.54, 1.807) is 0 Å². The molecule has 6 heteroatoms. The Bertz CT molecular complexity index is 1220. The maximum absolute atomic E-state index is 12.8. The molecule has 2 bridgehead atoms. The normalized spacial score (nSPS) is 21.3. The van der Waals surface area contributed by atoms with Crippen LogP contribution in [0.4, 0.5) is 0 Å². The SMILES string of the molecule is Cc1cc(I)c(Oc2ccc(OC3CC4CC3N(Cc3ccccc3)C4=O)c(C)c2C)c(I)c1. The number of benzene rings is 3. The molecular weight excluding hydrogens is 652 g/mol. The van der Waals surface area contributed by atoms with Gasteiger partial charge in [0, 0.05) is 12.5 Å². The third-order valence-electron chi connectivity index (χ3n) is 7.02. The van der Waals surface area contributed by atoms with E-state index in [0.29, 0.717) is 6.54 Å². The summed E-state index contributed by atoms with van der Waals surface area (Å²) in [7, 11) is 0. The number of piperidine rings is 1. The van der Waals surface area contributed by atoms with Gasteiger partial charge in [0.05, 0.1) is 13.2 Å². The molecule has 1 saturated carbocycles. The first-order valence-electron chi connectivity index (χ1n) is 11.6. The average molecular weight is 679 g/mol. The Hall–Kier alpha value is -1.81. The number of hydrogen-bond acceptors (Lipinski definition) is 3. The van der Waals surface area contributed by atoms with Crippen LogP contribution in [0.2, 0.25) is 0 Å². The number of fused-ring (bicyclic) bond motifs is 2. The van der Waals surface area contributed by atoms with Crippen molar-refractivity contribution < 1.29 is 14.3 Å². The third kappa shape index (κ3) is 4.55. The zero-order chi connectivity index (χ0) is 24.0. The zero-order valence-electron chi connectivity index (χ0n) is 19.5. The van der Waals surface area contributed by atoms with Crippen molar-refractivity contribution in [2.24, 2.45) is 5.92 Å². The maximum atomic E-state index is 12.8. The molecule has 1 amide bonds. The molecule has 5 rings (SSSR count). The summed E-state index contributed by atoms with van der Waals surface area (Å²) >= 11 is 4.67. The number of rotatable bonds is 6. The highest BCUT2D eigenvalue weighted by atomic mass is 127. The molecule has 1 heterocycles. The molecule has 3 aromatic rings. The number of nitrogens with zero attached hydrogens (tertiary/aromatic N) is 1. The van der Waals surface area contributed by atoms with Crippen molar-refractivity contribution in [2.75, 3.05) is 0 Å². The molecule has 2 fully saturated rings. The van der Waals surface area contributed by atoms with E-state index in [1.807, 2.05) is 35.2 Å². The first kappa shape index (κ1) is 23.9. The first-order valence-corrected chi connectivity index (χ1v) is 13.7. The monoisotopic (exact) mass is 679 g/mol. The third-order valence-corrected chi connectivity index (χ3v) is 8.62. The van der Waals surface area contributed by atoms with Gasteiger partial charge in [0.1, 0.15) is 17.6 Å². The van der Waals surface area contributed by atoms with Gasteiger partial charge in [0.2, 0.25) is 5.91 Å². The summed E-state index contributed by atoms with van der Waals surface area (Å²) in [6.45, 7) is 6.92. The lowest BCUT2D eigenvalue weighted by Gasteiger charge is -2.34. The molecular formula is C28H27I2NO3. The second-order valence-electron chi connectivity index (χ2n) is 9.32. The number of carbonyl (C=O) groups is 1. The molecule has 1 saturated heterocycles. The van der Waals surface area contributed by atoms with Gasteiger partial charge in [0.25, 0.3) is 0 Å². The highest BCUT2D eigenvalue weighted by Gasteiger charge is 2.51. The number of ether oxygens (including phenoxy) is 2. The Morgan fingerprint density at radius 1 is 0.912 bits per heavy atom. The minimum absolute atomic E-state index is 0.0234. The minimum Gasteiger partial charge on any atom is -0.488 e. The predicted molar refractivity (Wildman–Crippen MR) is 151 cm³/mol. The molecule has 2 aliphatic rings. The first-order chi connectivity index (χ1) is 16.3. The number of halogens is 2. The molecule has 0 radical (unpaired) electrons. The van der Waals surface area contributed by atoms with Crippen LogP contribution in [0.5, 0.6) is 17.2 Å². The van der Waals surface area contributed by atoms with Gasteiger partial charge < -0.3 is 14.4 Å². The zero-order valence-corrected chi connectivity index (χ0v) is 23.8. The molecule has 0 N–H and O–H groups in total. The van der Waals surface area contributed by atoms with Crippen LogP contribution in [0.15, 0.2) is 54.6 Å². The van der Waals surface area contributed by atoms with Crippen molar-refractivity contribution in [1.82, 2.24) is 4.90 Å². The smallest absolute Gasteiger partial charge is 0.226 e. The lowest BCUT2D eigenvalue weighted by Crippen LogP contribution is -2.46. The second kappa shape index (κ2) is 9.68. The van der Waals surface area contributed by atoms with Crippen molar-refractivity contribution >= 4 is 51.1 Å². The quantitative estimate of drug-likeness (QED) is 0.259. The molecule has 1 aliphatic carbocycles. The van der Waals surface area contributed by atoms with E-state index in [4.69, 9.17) is 9.47 Å². The fraction of sp³-hybridized carbons (Fsp3) is 0.321. The highest BCUT2D eigenvalue weighted by molar-refractivity contribution is 14.1. The van der Waals surface area contributed by atoms with Crippen molar-refractivity contribution in [3.8, 4) is 17.2 Å². The van der Waals surface area contributed by atoms with E-state index >= 15 is 0 Å². The Balaban J connectivity index is 1.33. The lowest BCUT2D eigenvalue weighted by atomic mass is 10.0. The van der Waals surface area contributed by atoms with Crippen molar-refractivity contribution in [1.29, 1.82) is 0 Å². The Morgan fingerprint density at radius 3 is 2.24 bits per heavy atom. The Kier molecular flexibility index (Phi) is 6.81. The van der Waals surface area contributed by atoms with E-state index in [0.717, 1.165) is 53.9 Å². The maximum Gasteiger partial charge on any atom is 0.226 e. The largest absolute Gasteiger partial charge is 0.488 e. The summed E-state index contributed by atoms with van der Waals surface area (Å²) in [5, 5.41) is 0. The number of hydrogen-bond donors (Lipinski definition) is 0. The molecule has 3 atom stereocenters. The topological polar surface area (TPSA) is 38.8 Å². The Labute approximate surface area is 228 Å². The molecule has 0 spiro atoms. The van der Waals surface area contributed by atoms with Gasteiger partial charge >= 0.3 is 0 Å². The fourth-order valence-electron chi connectivity index (χ4n) is 5.07. The van der Waals surface area contributed by atoms with Gasteiger partial charge in [-0.25, -0.2) is 0 Å². The lowest BCUT2D eigenvalue weighted by molar-refractivity contribution is -0.137. The summed E-state index contributed by atoms with van der Waals surface area (Å²) < 4.78 is 15.1. The summed E-state index contributed by atoms with van der Waals surface area (Å²) in [6, 6.07) is 18.6. The fourth-order valence-corrected chi connectivity index (χ4v) is 7.37. The molecule has 1 aliphatic heterocycles. The van der Waals surface area contributed by atoms with Crippen molar-refractivity contribution in [2.45, 2.75) is 52.3 Å². The van der Waals surface area contributed by atoms with Crippen molar-refractivity contribution in [3.05, 3.63) is 84.0 Å². The summed E-state index contributed by atoms with van der Waals surface area (Å²) in [5.74, 6) is 2.97. The van der Waals surface area contributed by atoms with Crippen molar-refractivity contribution in [3.63, 3.8) is 0 Å². The highest BCUT2D eigenvalue weighted by Crippen LogP contribution is 2.43. The summed E-state index contributed by atoms with van der Waals surface area (Å²) in [5.41, 5.74) is 4.54. The average Bonchev–Trinajstić information content (AvgIpc) is 3.34. The predicted octanol–water partition coefficient (Wildman–Crippen LogP) is 7.18. The number of amides is 1. The van der Waals surface area contributed by atoms with Crippen LogP contribution >= 0.6 is 45.2 Å². The summed E-state index contributed by atoms with van der Waals surface area (Å²) in [6.07, 6.45) is 1.71. The van der Waals surface area contributed by atoms with Gasteiger partial charge in [-0.2, -0.15) is 0 Å². The molecule has 3 aromatic carbocycles. The van der Waals surface area contributed by atoms with Gasteiger partial charge in [-0.15, -0.1) is 0 Å². The van der Waals surface area contributed by atoms with Gasteiger partial charge in [0.15, 0.2) is 5.75 Å². The van der Waals surface area contributed by atoms with Crippen LogP contribution in [-0.2, 0) is 11.3 Å². The number of aryl methyl sites for hydroxylation is 1. The van der Waals surface area contributed by atoms with E-state index in [9.17, 15) is 4.79 Å². The van der Waals surface area contributed by atoms with Crippen LogP contribution in [-0.4, -0.2) is 23.0 Å². The minimum atomic E-state index is 0.0234. The van der Waals surface area contributed by atoms with E-state index in [2.05, 4.69) is 90.2 Å². The molecule has 0 aromatic heterocycles. The van der Waals surface area contributed by atoms with Gasteiger partial charge in [-0.1, -0.05) is 30.3 Å². The second-order valence-corrected chi connectivity index (χ2v) is 11.6. The van der Waals surface area contributed by atoms with Gasteiger partial charge in [-0.3, -0.25) is 4.79 Å². The molecule has 176 valence electrons. The van der Waals surface area contributed by atoms with Crippen LogP contribution in [0.25, 0.3) is 0 Å². The Morgan fingerprint density at radius 2 is 1.56 bits per heavy atom. The van der Waals surface area contributed by atoms with Crippen LogP contribution in [0.3, 0.4) is 0 Å². The molecule has 4 nitrogen and oxygen atoms in total.